The number of imidazole rings is 1. The highest BCUT2D eigenvalue weighted by Gasteiger charge is 2.19. The van der Waals surface area contributed by atoms with E-state index in [9.17, 15) is 13.2 Å². The van der Waals surface area contributed by atoms with Crippen molar-refractivity contribution in [1.29, 1.82) is 0 Å². The number of hydrogen-bond acceptors (Lipinski definition) is 4. The number of rotatable bonds is 5. The van der Waals surface area contributed by atoms with E-state index < -0.39 is 15.1 Å². The maximum atomic E-state index is 12.3. The maximum absolute atomic E-state index is 12.3. The Hall–Kier alpha value is -2.15. The van der Waals surface area contributed by atoms with Crippen LogP contribution in [0.5, 0.6) is 0 Å². The molecule has 1 aliphatic heterocycles. The summed E-state index contributed by atoms with van der Waals surface area (Å²) in [5.41, 5.74) is 1.29. The van der Waals surface area contributed by atoms with Crippen molar-refractivity contribution in [2.45, 2.75) is 56.3 Å². The van der Waals surface area contributed by atoms with Crippen molar-refractivity contribution in [2.75, 3.05) is 0 Å². The standard InChI is InChI=1S/C18H23N3O3S/c1-13(2)25(23,24)16-8-6-14(7-9-16)18(22)19-11-15-12-21-10-4-3-5-17(21)20-15/h6-9,12-13H,3-5,10-11H2,1-2H3,(H,19,22). The third kappa shape index (κ3) is 3.76. The number of fused-ring (bicyclic) bond motifs is 1. The molecular weight excluding hydrogens is 338 g/mol. The molecule has 25 heavy (non-hydrogen) atoms. The zero-order valence-electron chi connectivity index (χ0n) is 14.5. The van der Waals surface area contributed by atoms with Crippen LogP contribution in [0.4, 0.5) is 0 Å². The lowest BCUT2D eigenvalue weighted by atomic mass is 10.2. The van der Waals surface area contributed by atoms with Crippen LogP contribution >= 0.6 is 0 Å². The van der Waals surface area contributed by atoms with Crippen molar-refractivity contribution in [3.8, 4) is 0 Å². The molecule has 7 heteroatoms. The number of carbonyl (C=O) groups is 1. The van der Waals surface area contributed by atoms with E-state index in [2.05, 4.69) is 14.9 Å². The van der Waals surface area contributed by atoms with Crippen LogP contribution in [0.2, 0.25) is 0 Å². The normalized spacial score (nSPS) is 14.4. The lowest BCUT2D eigenvalue weighted by Gasteiger charge is -2.11. The summed E-state index contributed by atoms with van der Waals surface area (Å²) in [5, 5.41) is 2.35. The van der Waals surface area contributed by atoms with Gasteiger partial charge in [0.15, 0.2) is 9.84 Å². The van der Waals surface area contributed by atoms with Crippen molar-refractivity contribution in [3.05, 3.63) is 47.5 Å². The van der Waals surface area contributed by atoms with Crippen LogP contribution in [0.1, 0.15) is 48.6 Å². The van der Waals surface area contributed by atoms with E-state index in [0.717, 1.165) is 30.9 Å². The summed E-state index contributed by atoms with van der Waals surface area (Å²) in [6, 6.07) is 6.06. The van der Waals surface area contributed by atoms with E-state index in [1.807, 2.05) is 6.20 Å². The van der Waals surface area contributed by atoms with Crippen LogP contribution < -0.4 is 5.32 Å². The highest BCUT2D eigenvalue weighted by molar-refractivity contribution is 7.92. The zero-order valence-corrected chi connectivity index (χ0v) is 15.3. The number of carbonyl (C=O) groups excluding carboxylic acids is 1. The van der Waals surface area contributed by atoms with Gasteiger partial charge in [-0.2, -0.15) is 0 Å². The highest BCUT2D eigenvalue weighted by Crippen LogP contribution is 2.17. The number of aryl methyl sites for hydroxylation is 2. The molecule has 6 nitrogen and oxygen atoms in total. The number of aromatic nitrogens is 2. The van der Waals surface area contributed by atoms with Crippen LogP contribution in [0.3, 0.4) is 0 Å². The number of amides is 1. The van der Waals surface area contributed by atoms with Gasteiger partial charge >= 0.3 is 0 Å². The summed E-state index contributed by atoms with van der Waals surface area (Å²) in [4.78, 5) is 17.0. The molecule has 0 spiro atoms. The molecule has 2 heterocycles. The fourth-order valence-electron chi connectivity index (χ4n) is 2.90. The van der Waals surface area contributed by atoms with Crippen molar-refractivity contribution in [3.63, 3.8) is 0 Å². The molecule has 1 N–H and O–H groups in total. The first kappa shape index (κ1) is 17.7. The lowest BCUT2D eigenvalue weighted by Crippen LogP contribution is -2.23. The van der Waals surface area contributed by atoms with Gasteiger partial charge in [0.2, 0.25) is 0 Å². The molecule has 1 aromatic carbocycles. The molecule has 0 aliphatic carbocycles. The Bertz CT molecular complexity index is 844. The van der Waals surface area contributed by atoms with Crippen molar-refractivity contribution in [1.82, 2.24) is 14.9 Å². The van der Waals surface area contributed by atoms with Crippen LogP contribution in [0.25, 0.3) is 0 Å². The van der Waals surface area contributed by atoms with Gasteiger partial charge in [-0.15, -0.1) is 0 Å². The van der Waals surface area contributed by atoms with Crippen molar-refractivity contribution < 1.29 is 13.2 Å². The van der Waals surface area contributed by atoms with Crippen LogP contribution in [0.15, 0.2) is 35.4 Å². The van der Waals surface area contributed by atoms with Gasteiger partial charge in [0.05, 0.1) is 22.4 Å². The van der Waals surface area contributed by atoms with Crippen LogP contribution in [-0.2, 0) is 29.3 Å². The average Bonchev–Trinajstić information content (AvgIpc) is 3.02. The Labute approximate surface area is 148 Å². The second-order valence-corrected chi connectivity index (χ2v) is 9.10. The van der Waals surface area contributed by atoms with E-state index >= 15 is 0 Å². The zero-order chi connectivity index (χ0) is 18.0. The van der Waals surface area contributed by atoms with E-state index in [-0.39, 0.29) is 10.8 Å². The molecule has 0 bridgehead atoms. The van der Waals surface area contributed by atoms with Gasteiger partial charge in [0.25, 0.3) is 5.91 Å². The molecule has 134 valence electrons. The average molecular weight is 361 g/mol. The molecular formula is C18H23N3O3S. The molecule has 0 atom stereocenters. The number of benzene rings is 1. The summed E-state index contributed by atoms with van der Waals surface area (Å²) in [5.74, 6) is 0.846. The molecule has 1 aromatic heterocycles. The quantitative estimate of drug-likeness (QED) is 0.886. The first-order valence-electron chi connectivity index (χ1n) is 8.55. The Balaban J connectivity index is 1.64. The Morgan fingerprint density at radius 3 is 2.60 bits per heavy atom. The minimum atomic E-state index is -3.32. The summed E-state index contributed by atoms with van der Waals surface area (Å²) >= 11 is 0. The Morgan fingerprint density at radius 2 is 1.96 bits per heavy atom. The molecule has 0 saturated heterocycles. The van der Waals surface area contributed by atoms with E-state index in [4.69, 9.17) is 0 Å². The maximum Gasteiger partial charge on any atom is 0.251 e. The van der Waals surface area contributed by atoms with E-state index in [1.165, 1.54) is 18.6 Å². The summed E-state index contributed by atoms with van der Waals surface area (Å²) < 4.78 is 26.4. The van der Waals surface area contributed by atoms with Crippen LogP contribution in [-0.4, -0.2) is 29.1 Å². The SMILES string of the molecule is CC(C)S(=O)(=O)c1ccc(C(=O)NCc2cn3c(n2)CCCC3)cc1. The number of nitrogens with zero attached hydrogens (tertiary/aromatic N) is 2. The van der Waals surface area contributed by atoms with Crippen LogP contribution in [0, 0.1) is 0 Å². The fraction of sp³-hybridized carbons (Fsp3) is 0.444. The van der Waals surface area contributed by atoms with Gasteiger partial charge in [-0.3, -0.25) is 4.79 Å². The number of sulfone groups is 1. The number of hydrogen-bond donors (Lipinski definition) is 1. The van der Waals surface area contributed by atoms with Gasteiger partial charge in [-0.05, 0) is 51.0 Å². The van der Waals surface area contributed by atoms with Gasteiger partial charge < -0.3 is 9.88 Å². The Morgan fingerprint density at radius 1 is 1.24 bits per heavy atom. The van der Waals surface area contributed by atoms with E-state index in [0.29, 0.717) is 12.1 Å². The molecule has 3 rings (SSSR count). The molecule has 0 radical (unpaired) electrons. The topological polar surface area (TPSA) is 81.1 Å². The van der Waals surface area contributed by atoms with Crippen molar-refractivity contribution in [2.24, 2.45) is 0 Å². The lowest BCUT2D eigenvalue weighted by molar-refractivity contribution is 0.0950. The van der Waals surface area contributed by atoms with Crippen molar-refractivity contribution >= 4 is 15.7 Å². The van der Waals surface area contributed by atoms with Gasteiger partial charge in [-0.25, -0.2) is 13.4 Å². The summed E-state index contributed by atoms with van der Waals surface area (Å²) in [7, 11) is -3.32. The molecule has 2 aromatic rings. The van der Waals surface area contributed by atoms with E-state index in [1.54, 1.807) is 26.0 Å². The predicted molar refractivity (Wildman–Crippen MR) is 95.1 cm³/mol. The monoisotopic (exact) mass is 361 g/mol. The summed E-state index contributed by atoms with van der Waals surface area (Å²) in [6.45, 7) is 4.63. The first-order valence-corrected chi connectivity index (χ1v) is 10.1. The smallest absolute Gasteiger partial charge is 0.251 e. The summed E-state index contributed by atoms with van der Waals surface area (Å²) in [6.07, 6.45) is 5.31. The molecule has 0 saturated carbocycles. The molecule has 1 amide bonds. The van der Waals surface area contributed by atoms with Gasteiger partial charge in [0, 0.05) is 24.7 Å². The molecule has 0 fully saturated rings. The Kier molecular flexibility index (Phi) is 4.94. The third-order valence-corrected chi connectivity index (χ3v) is 6.62. The first-order chi connectivity index (χ1) is 11.9. The molecule has 1 aliphatic rings. The minimum Gasteiger partial charge on any atom is -0.346 e. The minimum absolute atomic E-state index is 0.237. The fourth-order valence-corrected chi connectivity index (χ4v) is 3.96. The highest BCUT2D eigenvalue weighted by atomic mass is 32.2. The number of nitrogens with one attached hydrogen (secondary N) is 1. The van der Waals surface area contributed by atoms with Gasteiger partial charge in [-0.1, -0.05) is 0 Å². The second-order valence-electron chi connectivity index (χ2n) is 6.60. The second kappa shape index (κ2) is 7.00. The van der Waals surface area contributed by atoms with Gasteiger partial charge in [0.1, 0.15) is 5.82 Å². The molecule has 0 unspecified atom stereocenters. The largest absolute Gasteiger partial charge is 0.346 e. The predicted octanol–water partition coefficient (Wildman–Crippen LogP) is 2.33. The third-order valence-electron chi connectivity index (χ3n) is 4.45.